The molecule has 0 aliphatic rings. The molecule has 0 aromatic heterocycles. The van der Waals surface area contributed by atoms with Gasteiger partial charge in [0.25, 0.3) is 0 Å². The number of ether oxygens (including phenoxy) is 1. The number of carbonyl (C=O) groups is 1. The number of Topliss-reactive ketones (excluding diaryl/α,β-unsaturated/α-hetero) is 1. The molecule has 0 spiro atoms. The average Bonchev–Trinajstić information content (AvgIpc) is 2.37. The maximum atomic E-state index is 13.6. The Hall–Kier alpha value is -1.75. The Labute approximate surface area is 123 Å². The molecule has 0 aliphatic heterocycles. The minimum atomic E-state index is -0.617. The molecule has 0 atom stereocenters. The van der Waals surface area contributed by atoms with E-state index in [9.17, 15) is 13.6 Å². The van der Waals surface area contributed by atoms with E-state index in [0.717, 1.165) is 11.6 Å². The Bertz CT molecular complexity index is 656. The number of rotatable bonds is 4. The molecular formula is C15H11BrF2O2. The van der Waals surface area contributed by atoms with Gasteiger partial charge in [-0.1, -0.05) is 22.0 Å². The van der Waals surface area contributed by atoms with E-state index >= 15 is 0 Å². The number of benzene rings is 2. The molecule has 2 aromatic rings. The Morgan fingerprint density at radius 3 is 2.55 bits per heavy atom. The van der Waals surface area contributed by atoms with Crippen LogP contribution in [-0.2, 0) is 6.61 Å². The summed E-state index contributed by atoms with van der Waals surface area (Å²) < 4.78 is 32.5. The van der Waals surface area contributed by atoms with Gasteiger partial charge in [-0.05, 0) is 31.2 Å². The molecule has 0 saturated heterocycles. The summed E-state index contributed by atoms with van der Waals surface area (Å²) in [4.78, 5) is 11.1. The van der Waals surface area contributed by atoms with E-state index in [1.54, 1.807) is 6.07 Å². The van der Waals surface area contributed by atoms with Crippen LogP contribution in [0.2, 0.25) is 0 Å². The third-order valence-electron chi connectivity index (χ3n) is 2.73. The van der Waals surface area contributed by atoms with E-state index < -0.39 is 5.82 Å². The summed E-state index contributed by atoms with van der Waals surface area (Å²) in [6.07, 6.45) is 0. The molecule has 0 N–H and O–H groups in total. The second-order valence-corrected chi connectivity index (χ2v) is 5.08. The highest BCUT2D eigenvalue weighted by atomic mass is 79.9. The van der Waals surface area contributed by atoms with Crippen LogP contribution in [0.25, 0.3) is 0 Å². The van der Waals surface area contributed by atoms with E-state index in [2.05, 4.69) is 15.9 Å². The van der Waals surface area contributed by atoms with Crippen molar-refractivity contribution in [3.63, 3.8) is 0 Å². The predicted molar refractivity (Wildman–Crippen MR) is 74.8 cm³/mol. The van der Waals surface area contributed by atoms with Crippen LogP contribution in [0.15, 0.2) is 40.9 Å². The van der Waals surface area contributed by atoms with Gasteiger partial charge in [0.1, 0.15) is 24.0 Å². The molecule has 0 heterocycles. The highest BCUT2D eigenvalue weighted by molar-refractivity contribution is 9.10. The lowest BCUT2D eigenvalue weighted by atomic mass is 10.1. The number of halogens is 3. The Kier molecular flexibility index (Phi) is 4.49. The van der Waals surface area contributed by atoms with E-state index in [0.29, 0.717) is 10.2 Å². The maximum Gasteiger partial charge on any atom is 0.162 e. The summed E-state index contributed by atoms with van der Waals surface area (Å²) in [5, 5.41) is 0. The van der Waals surface area contributed by atoms with Crippen LogP contribution in [0.1, 0.15) is 22.8 Å². The van der Waals surface area contributed by atoms with Crippen molar-refractivity contribution in [3.05, 3.63) is 63.6 Å². The van der Waals surface area contributed by atoms with Crippen molar-refractivity contribution in [2.24, 2.45) is 0 Å². The number of ketones is 1. The molecule has 2 rings (SSSR count). The first-order valence-electron chi connectivity index (χ1n) is 5.84. The standard InChI is InChI=1S/C15H11BrF2O2/c1-9(19)13-5-4-12(7-15(13)18)20-8-10-2-3-11(17)6-14(10)16/h2-7H,8H2,1H3. The molecule has 0 aliphatic carbocycles. The van der Waals surface area contributed by atoms with Crippen molar-refractivity contribution in [3.8, 4) is 5.75 Å². The average molecular weight is 341 g/mol. The van der Waals surface area contributed by atoms with Crippen LogP contribution in [-0.4, -0.2) is 5.78 Å². The second-order valence-electron chi connectivity index (χ2n) is 4.22. The van der Waals surface area contributed by atoms with Gasteiger partial charge in [0.05, 0.1) is 5.56 Å². The lowest BCUT2D eigenvalue weighted by Crippen LogP contribution is -2.00. The van der Waals surface area contributed by atoms with E-state index in [-0.39, 0.29) is 23.8 Å². The Morgan fingerprint density at radius 2 is 1.95 bits per heavy atom. The van der Waals surface area contributed by atoms with Gasteiger partial charge in [0.2, 0.25) is 0 Å². The van der Waals surface area contributed by atoms with Crippen LogP contribution in [0.5, 0.6) is 5.75 Å². The first-order valence-corrected chi connectivity index (χ1v) is 6.64. The van der Waals surface area contributed by atoms with Gasteiger partial charge in [0, 0.05) is 16.1 Å². The van der Waals surface area contributed by atoms with Crippen molar-refractivity contribution < 1.29 is 18.3 Å². The third kappa shape index (κ3) is 3.42. The Morgan fingerprint density at radius 1 is 1.20 bits per heavy atom. The fourth-order valence-electron chi connectivity index (χ4n) is 1.67. The van der Waals surface area contributed by atoms with E-state index in [1.165, 1.54) is 31.2 Å². The first kappa shape index (κ1) is 14.7. The van der Waals surface area contributed by atoms with E-state index in [1.807, 2.05) is 0 Å². The molecule has 2 aromatic carbocycles. The summed E-state index contributed by atoms with van der Waals surface area (Å²) in [7, 11) is 0. The van der Waals surface area contributed by atoms with Crippen LogP contribution < -0.4 is 4.74 Å². The fourth-order valence-corrected chi connectivity index (χ4v) is 2.14. The zero-order valence-electron chi connectivity index (χ0n) is 10.6. The van der Waals surface area contributed by atoms with Crippen molar-refractivity contribution in [2.45, 2.75) is 13.5 Å². The Balaban J connectivity index is 2.11. The van der Waals surface area contributed by atoms with Gasteiger partial charge >= 0.3 is 0 Å². The lowest BCUT2D eigenvalue weighted by Gasteiger charge is -2.09. The smallest absolute Gasteiger partial charge is 0.162 e. The van der Waals surface area contributed by atoms with Gasteiger partial charge < -0.3 is 4.74 Å². The normalized spacial score (nSPS) is 10.4. The van der Waals surface area contributed by atoms with Crippen LogP contribution >= 0.6 is 15.9 Å². The first-order chi connectivity index (χ1) is 9.47. The van der Waals surface area contributed by atoms with Gasteiger partial charge in [-0.2, -0.15) is 0 Å². The van der Waals surface area contributed by atoms with Gasteiger partial charge in [-0.3, -0.25) is 4.79 Å². The summed E-state index contributed by atoms with van der Waals surface area (Å²) >= 11 is 3.23. The molecular weight excluding hydrogens is 330 g/mol. The SMILES string of the molecule is CC(=O)c1ccc(OCc2ccc(F)cc2Br)cc1F. The molecule has 2 nitrogen and oxygen atoms in total. The monoisotopic (exact) mass is 340 g/mol. The van der Waals surface area contributed by atoms with Crippen molar-refractivity contribution >= 4 is 21.7 Å². The third-order valence-corrected chi connectivity index (χ3v) is 3.47. The highest BCUT2D eigenvalue weighted by Gasteiger charge is 2.09. The van der Waals surface area contributed by atoms with Crippen LogP contribution in [0.4, 0.5) is 8.78 Å². The molecule has 0 amide bonds. The summed E-state index contributed by atoms with van der Waals surface area (Å²) in [5.41, 5.74) is 0.766. The quantitative estimate of drug-likeness (QED) is 0.765. The van der Waals surface area contributed by atoms with Crippen molar-refractivity contribution in [1.29, 1.82) is 0 Å². The summed E-state index contributed by atoms with van der Waals surface area (Å²) in [6, 6.07) is 8.30. The molecule has 0 bridgehead atoms. The minimum Gasteiger partial charge on any atom is -0.489 e. The number of hydrogen-bond donors (Lipinski definition) is 0. The highest BCUT2D eigenvalue weighted by Crippen LogP contribution is 2.22. The molecule has 5 heteroatoms. The van der Waals surface area contributed by atoms with Crippen LogP contribution in [0.3, 0.4) is 0 Å². The topological polar surface area (TPSA) is 26.3 Å². The van der Waals surface area contributed by atoms with Crippen molar-refractivity contribution in [1.82, 2.24) is 0 Å². The van der Waals surface area contributed by atoms with E-state index in [4.69, 9.17) is 4.74 Å². The van der Waals surface area contributed by atoms with Crippen LogP contribution in [0, 0.1) is 11.6 Å². The number of hydrogen-bond acceptors (Lipinski definition) is 2. The summed E-state index contributed by atoms with van der Waals surface area (Å²) in [5.74, 6) is -0.996. The molecule has 20 heavy (non-hydrogen) atoms. The maximum absolute atomic E-state index is 13.6. The van der Waals surface area contributed by atoms with Crippen molar-refractivity contribution in [2.75, 3.05) is 0 Å². The zero-order chi connectivity index (χ0) is 14.7. The lowest BCUT2D eigenvalue weighted by molar-refractivity contribution is 0.101. The fraction of sp³-hybridized carbons (Fsp3) is 0.133. The molecule has 0 saturated carbocycles. The van der Waals surface area contributed by atoms with Gasteiger partial charge in [0.15, 0.2) is 5.78 Å². The number of carbonyl (C=O) groups excluding carboxylic acids is 1. The molecule has 0 fully saturated rings. The van der Waals surface area contributed by atoms with Gasteiger partial charge in [-0.15, -0.1) is 0 Å². The second kappa shape index (κ2) is 6.13. The zero-order valence-corrected chi connectivity index (χ0v) is 12.2. The molecule has 0 unspecified atom stereocenters. The molecule has 0 radical (unpaired) electrons. The largest absolute Gasteiger partial charge is 0.489 e. The molecule has 104 valence electrons. The predicted octanol–water partition coefficient (Wildman–Crippen LogP) is 4.51. The van der Waals surface area contributed by atoms with Gasteiger partial charge in [-0.25, -0.2) is 8.78 Å². The summed E-state index contributed by atoms with van der Waals surface area (Å²) in [6.45, 7) is 1.47. The minimum absolute atomic E-state index is 0.0281.